The molecule has 1 aromatic heterocycles. The van der Waals surface area contributed by atoms with Crippen molar-refractivity contribution in [2.45, 2.75) is 3.79 Å². The lowest BCUT2D eigenvalue weighted by Crippen LogP contribution is -2.28. The third-order valence-electron chi connectivity index (χ3n) is 1.76. The van der Waals surface area contributed by atoms with Crippen LogP contribution in [-0.4, -0.2) is 32.3 Å². The van der Waals surface area contributed by atoms with Gasteiger partial charge in [0.05, 0.1) is 0 Å². The highest BCUT2D eigenvalue weighted by molar-refractivity contribution is 6.67. The quantitative estimate of drug-likeness (QED) is 0.629. The maximum Gasteiger partial charge on any atom is 0.435 e. The van der Waals surface area contributed by atoms with Crippen LogP contribution in [0.5, 0.6) is 0 Å². The van der Waals surface area contributed by atoms with Gasteiger partial charge in [-0.2, -0.15) is 9.72 Å². The molecule has 0 aliphatic carbocycles. The highest BCUT2D eigenvalue weighted by atomic mass is 35.6. The Hall–Kier alpha value is -1.44. The number of carbonyl (C=O) groups excluding carboxylic acids is 2. The van der Waals surface area contributed by atoms with E-state index in [1.54, 1.807) is 0 Å². The Bertz CT molecular complexity index is 565. The average molecular weight is 329 g/mol. The lowest BCUT2D eigenvalue weighted by atomic mass is 10.3. The Morgan fingerprint density at radius 1 is 1.42 bits per heavy atom. The van der Waals surface area contributed by atoms with Crippen LogP contribution in [0.25, 0.3) is 0 Å². The summed E-state index contributed by atoms with van der Waals surface area (Å²) in [6.45, 7) is -0.513. The topological polar surface area (TPSA) is 107 Å². The Labute approximate surface area is 122 Å². The van der Waals surface area contributed by atoms with Gasteiger partial charge in [-0.05, 0) is 12.1 Å². The molecule has 0 radical (unpaired) electrons. The lowest BCUT2D eigenvalue weighted by Gasteiger charge is -2.09. The monoisotopic (exact) mass is 327 g/mol. The Balaban J connectivity index is 2.97. The largest absolute Gasteiger partial charge is 0.443 e. The molecule has 3 N–H and O–H groups in total. The van der Waals surface area contributed by atoms with Gasteiger partial charge in [0, 0.05) is 0 Å². The van der Waals surface area contributed by atoms with E-state index in [0.29, 0.717) is 4.73 Å². The number of primary amides is 1. The fourth-order valence-electron chi connectivity index (χ4n) is 1.03. The normalized spacial score (nSPS) is 12.3. The summed E-state index contributed by atoms with van der Waals surface area (Å²) in [7, 11) is 0. The third-order valence-corrected chi connectivity index (χ3v) is 2.09. The number of nitrogens with two attached hydrogens (primary N) is 1. The van der Waals surface area contributed by atoms with Crippen molar-refractivity contribution in [2.24, 2.45) is 10.7 Å². The van der Waals surface area contributed by atoms with Crippen LogP contribution in [0.3, 0.4) is 0 Å². The van der Waals surface area contributed by atoms with E-state index in [0.717, 1.165) is 0 Å². The zero-order valence-corrected chi connectivity index (χ0v) is 11.5. The molecule has 0 aromatic carbocycles. The van der Waals surface area contributed by atoms with Crippen molar-refractivity contribution in [3.05, 3.63) is 29.4 Å². The van der Waals surface area contributed by atoms with Gasteiger partial charge >= 0.3 is 6.09 Å². The molecule has 1 heterocycles. The number of hydrogen-bond acceptors (Lipinski definition) is 4. The highest BCUT2D eigenvalue weighted by Crippen LogP contribution is 2.25. The summed E-state index contributed by atoms with van der Waals surface area (Å²) >= 11 is 16.1. The molecule has 0 atom stereocenters. The van der Waals surface area contributed by atoms with Crippen LogP contribution in [0, 0.1) is 0 Å². The van der Waals surface area contributed by atoms with Gasteiger partial charge in [0.15, 0.2) is 5.49 Å². The molecule has 0 aliphatic heterocycles. The Morgan fingerprint density at radius 3 is 2.58 bits per heavy atom. The van der Waals surface area contributed by atoms with Gasteiger partial charge < -0.3 is 15.7 Å². The number of alkyl halides is 3. The molecule has 0 spiro atoms. The van der Waals surface area contributed by atoms with Crippen LogP contribution in [0.4, 0.5) is 4.79 Å². The van der Waals surface area contributed by atoms with E-state index in [1.165, 1.54) is 18.2 Å². The molecular formula is C9H8Cl3N3O4. The van der Waals surface area contributed by atoms with Crippen molar-refractivity contribution < 1.29 is 19.5 Å². The molecule has 1 rings (SSSR count). The number of rotatable bonds is 2. The minimum Gasteiger partial charge on any atom is -0.443 e. The van der Waals surface area contributed by atoms with E-state index < -0.39 is 22.4 Å². The van der Waals surface area contributed by atoms with E-state index in [2.05, 4.69) is 9.73 Å². The van der Waals surface area contributed by atoms with Crippen LogP contribution < -0.4 is 11.2 Å². The van der Waals surface area contributed by atoms with Crippen LogP contribution in [0.1, 0.15) is 10.5 Å². The Morgan fingerprint density at radius 2 is 2.05 bits per heavy atom. The standard InChI is InChI=1S/C9H8Cl3N3O4/c10-9(11,12)4-19-8(17)14-6-3-1-2-5(7(13)16)15(6)18/h1-3,18H,4H2,(H2,13,16). The number of carbonyl (C=O) groups is 2. The highest BCUT2D eigenvalue weighted by Gasteiger charge is 2.22. The summed E-state index contributed by atoms with van der Waals surface area (Å²) in [5, 5.41) is 9.57. The molecule has 0 aliphatic rings. The van der Waals surface area contributed by atoms with Gasteiger partial charge in [-0.1, -0.05) is 40.9 Å². The third kappa shape index (κ3) is 4.98. The maximum atomic E-state index is 11.3. The Kier molecular flexibility index (Phi) is 5.04. The van der Waals surface area contributed by atoms with Crippen molar-refractivity contribution in [2.75, 3.05) is 6.61 Å². The number of aromatic nitrogens is 1. The smallest absolute Gasteiger partial charge is 0.435 e. The molecule has 0 fully saturated rings. The molecular weight excluding hydrogens is 320 g/mol. The summed E-state index contributed by atoms with van der Waals surface area (Å²) in [6.07, 6.45) is -1.10. The van der Waals surface area contributed by atoms with Crippen molar-refractivity contribution in [3.63, 3.8) is 0 Å². The number of hydrogen-bond donors (Lipinski definition) is 2. The molecule has 1 aromatic rings. The molecule has 0 unspecified atom stereocenters. The number of halogens is 3. The minimum atomic E-state index is -1.77. The van der Waals surface area contributed by atoms with Crippen molar-refractivity contribution in [1.82, 2.24) is 4.73 Å². The van der Waals surface area contributed by atoms with Crippen LogP contribution in [-0.2, 0) is 4.74 Å². The summed E-state index contributed by atoms with van der Waals surface area (Å²) in [6, 6.07) is 3.87. The molecule has 0 saturated heterocycles. The summed E-state index contributed by atoms with van der Waals surface area (Å²) in [5.41, 5.74) is 4.49. The molecule has 2 amide bonds. The molecule has 0 bridgehead atoms. The first-order chi connectivity index (χ1) is 8.70. The second kappa shape index (κ2) is 6.14. The zero-order valence-electron chi connectivity index (χ0n) is 9.22. The fraction of sp³-hybridized carbons (Fsp3) is 0.222. The van der Waals surface area contributed by atoms with Gasteiger partial charge in [-0.3, -0.25) is 4.79 Å². The maximum absolute atomic E-state index is 11.3. The predicted molar refractivity (Wildman–Crippen MR) is 67.3 cm³/mol. The summed E-state index contributed by atoms with van der Waals surface area (Å²) < 4.78 is 3.10. The van der Waals surface area contributed by atoms with Gasteiger partial charge in [-0.25, -0.2) is 4.79 Å². The SMILES string of the molecule is NC(=O)c1cccc(=NC(=O)OCC(Cl)(Cl)Cl)n1O. The van der Waals surface area contributed by atoms with Crippen molar-refractivity contribution in [1.29, 1.82) is 0 Å². The average Bonchev–Trinajstić information content (AvgIpc) is 2.28. The molecule has 7 nitrogen and oxygen atoms in total. The number of pyridine rings is 1. The molecule has 10 heteroatoms. The van der Waals surface area contributed by atoms with Gasteiger partial charge in [0.25, 0.3) is 5.91 Å². The molecule has 0 saturated carbocycles. The van der Waals surface area contributed by atoms with E-state index in [-0.39, 0.29) is 11.2 Å². The molecule has 104 valence electrons. The van der Waals surface area contributed by atoms with Gasteiger partial charge in [-0.15, -0.1) is 0 Å². The van der Waals surface area contributed by atoms with E-state index in [9.17, 15) is 14.8 Å². The zero-order chi connectivity index (χ0) is 14.6. The first kappa shape index (κ1) is 15.6. The number of nitrogens with zero attached hydrogens (tertiary/aromatic N) is 2. The summed E-state index contributed by atoms with van der Waals surface area (Å²) in [5.74, 6) is -0.894. The van der Waals surface area contributed by atoms with Gasteiger partial charge in [0.1, 0.15) is 12.3 Å². The van der Waals surface area contributed by atoms with E-state index in [1.807, 2.05) is 0 Å². The van der Waals surface area contributed by atoms with Crippen LogP contribution in [0.15, 0.2) is 23.2 Å². The van der Waals surface area contributed by atoms with Crippen LogP contribution >= 0.6 is 34.8 Å². The number of ether oxygens (including phenoxy) is 1. The second-order valence-electron chi connectivity index (χ2n) is 3.23. The summed E-state index contributed by atoms with van der Waals surface area (Å²) in [4.78, 5) is 25.6. The van der Waals surface area contributed by atoms with E-state index in [4.69, 9.17) is 40.5 Å². The number of amides is 2. The van der Waals surface area contributed by atoms with Crippen LogP contribution in [0.2, 0.25) is 0 Å². The second-order valence-corrected chi connectivity index (χ2v) is 5.74. The molecule has 19 heavy (non-hydrogen) atoms. The van der Waals surface area contributed by atoms with E-state index >= 15 is 0 Å². The first-order valence-electron chi connectivity index (χ1n) is 4.70. The van der Waals surface area contributed by atoms with Gasteiger partial charge in [0.2, 0.25) is 3.79 Å². The van der Waals surface area contributed by atoms with Crippen molar-refractivity contribution >= 4 is 46.8 Å². The minimum absolute atomic E-state index is 0.254. The lowest BCUT2D eigenvalue weighted by molar-refractivity contribution is 0.0934. The van der Waals surface area contributed by atoms with Crippen molar-refractivity contribution in [3.8, 4) is 0 Å². The fourth-order valence-corrected chi connectivity index (χ4v) is 1.19. The first-order valence-corrected chi connectivity index (χ1v) is 5.83. The predicted octanol–water partition coefficient (Wildman–Crippen LogP) is 1.23.